The van der Waals surface area contributed by atoms with Gasteiger partial charge in [0.2, 0.25) is 0 Å². The Morgan fingerprint density at radius 2 is 1.78 bits per heavy atom. The number of hydrogen-bond acceptors (Lipinski definition) is 4. The van der Waals surface area contributed by atoms with Crippen LogP contribution in [-0.4, -0.2) is 23.8 Å². The second-order valence-corrected chi connectivity index (χ2v) is 7.03. The number of ether oxygens (including phenoxy) is 1. The normalized spacial score (nSPS) is 11.8. The van der Waals surface area contributed by atoms with Crippen molar-refractivity contribution in [1.29, 1.82) is 5.26 Å². The Kier molecular flexibility index (Phi) is 6.19. The minimum Gasteiger partial charge on any atom is -0.492 e. The van der Waals surface area contributed by atoms with Gasteiger partial charge in [-0.3, -0.25) is 0 Å². The van der Waals surface area contributed by atoms with E-state index in [9.17, 15) is 18.4 Å². The van der Waals surface area contributed by atoms with E-state index in [0.29, 0.717) is 0 Å². The number of benzene rings is 2. The van der Waals surface area contributed by atoms with Gasteiger partial charge >= 0.3 is 13.3 Å². The molecule has 0 saturated carbocycles. The fourth-order valence-corrected chi connectivity index (χ4v) is 2.71. The minimum absolute atomic E-state index is 0.0783. The van der Waals surface area contributed by atoms with Crippen molar-refractivity contribution in [3.05, 3.63) is 59.2 Å². The van der Waals surface area contributed by atoms with Crippen molar-refractivity contribution in [2.24, 2.45) is 5.41 Å². The predicted molar refractivity (Wildman–Crippen MR) is 95.4 cm³/mol. The summed E-state index contributed by atoms with van der Waals surface area (Å²) >= 11 is 0. The highest BCUT2D eigenvalue weighted by Gasteiger charge is 2.34. The first-order valence-corrected chi connectivity index (χ1v) is 8.21. The van der Waals surface area contributed by atoms with Crippen LogP contribution in [0.1, 0.15) is 30.5 Å². The fourth-order valence-electron chi connectivity index (χ4n) is 2.71. The van der Waals surface area contributed by atoms with Gasteiger partial charge in [0, 0.05) is 5.41 Å². The predicted octanol–water partition coefficient (Wildman–Crippen LogP) is 2.90. The minimum atomic E-state index is -4.43. The van der Waals surface area contributed by atoms with Crippen LogP contribution in [0.3, 0.4) is 0 Å². The standard InChI is InChI=1S/C19H19BF3NO3/c1-18(2,10-13-5-3-4-6-16(13)19(21,22)23)12-27-17-8-7-15(20(25)26)9-14(17)11-24/h3-9,25-26H,10,12H2,1-2H3. The van der Waals surface area contributed by atoms with E-state index in [-0.39, 0.29) is 35.4 Å². The Morgan fingerprint density at radius 1 is 1.11 bits per heavy atom. The van der Waals surface area contributed by atoms with E-state index in [1.54, 1.807) is 19.9 Å². The molecular weight excluding hydrogens is 358 g/mol. The van der Waals surface area contributed by atoms with Crippen LogP contribution in [0.5, 0.6) is 5.75 Å². The molecular formula is C19H19BF3NO3. The average molecular weight is 377 g/mol. The third-order valence-corrected chi connectivity index (χ3v) is 4.03. The SMILES string of the molecule is CC(C)(COc1ccc(B(O)O)cc1C#N)Cc1ccccc1C(F)(F)F. The second-order valence-electron chi connectivity index (χ2n) is 7.03. The third kappa shape index (κ3) is 5.49. The zero-order valence-corrected chi connectivity index (χ0v) is 14.9. The zero-order chi connectivity index (χ0) is 20.2. The highest BCUT2D eigenvalue weighted by Crippen LogP contribution is 2.35. The highest BCUT2D eigenvalue weighted by atomic mass is 19.4. The van der Waals surface area contributed by atoms with Crippen molar-refractivity contribution < 1.29 is 28.0 Å². The molecule has 0 fully saturated rings. The van der Waals surface area contributed by atoms with Gasteiger partial charge in [0.1, 0.15) is 11.8 Å². The van der Waals surface area contributed by atoms with Crippen LogP contribution in [0.25, 0.3) is 0 Å². The van der Waals surface area contributed by atoms with Gasteiger partial charge in [-0.15, -0.1) is 0 Å². The Labute approximate surface area is 156 Å². The molecule has 27 heavy (non-hydrogen) atoms. The van der Waals surface area contributed by atoms with Gasteiger partial charge in [-0.1, -0.05) is 38.1 Å². The highest BCUT2D eigenvalue weighted by molar-refractivity contribution is 6.58. The van der Waals surface area contributed by atoms with Gasteiger partial charge in [-0.05, 0) is 35.6 Å². The molecule has 0 aliphatic rings. The molecule has 0 aromatic heterocycles. The molecule has 4 nitrogen and oxygen atoms in total. The maximum Gasteiger partial charge on any atom is 0.488 e. The summed E-state index contributed by atoms with van der Waals surface area (Å²) in [6.45, 7) is 3.63. The topological polar surface area (TPSA) is 73.5 Å². The second kappa shape index (κ2) is 8.03. The van der Waals surface area contributed by atoms with Crippen molar-refractivity contribution in [2.75, 3.05) is 6.61 Å². The molecule has 2 aromatic carbocycles. The van der Waals surface area contributed by atoms with E-state index in [4.69, 9.17) is 14.8 Å². The van der Waals surface area contributed by atoms with E-state index in [1.807, 2.05) is 6.07 Å². The summed E-state index contributed by atoms with van der Waals surface area (Å²) in [5.41, 5.74) is -0.859. The Morgan fingerprint density at radius 3 is 2.37 bits per heavy atom. The largest absolute Gasteiger partial charge is 0.492 e. The van der Waals surface area contributed by atoms with E-state index in [1.165, 1.54) is 30.3 Å². The van der Waals surface area contributed by atoms with Gasteiger partial charge in [0.25, 0.3) is 0 Å². The molecule has 0 aliphatic carbocycles. The lowest BCUT2D eigenvalue weighted by Gasteiger charge is -2.26. The molecule has 2 N–H and O–H groups in total. The summed E-state index contributed by atoms with van der Waals surface area (Å²) in [7, 11) is -1.71. The number of hydrogen-bond donors (Lipinski definition) is 2. The monoisotopic (exact) mass is 377 g/mol. The van der Waals surface area contributed by atoms with E-state index in [0.717, 1.165) is 6.07 Å². The molecule has 0 unspecified atom stereocenters. The van der Waals surface area contributed by atoms with Gasteiger partial charge < -0.3 is 14.8 Å². The van der Waals surface area contributed by atoms with E-state index < -0.39 is 24.3 Å². The lowest BCUT2D eigenvalue weighted by Crippen LogP contribution is -2.30. The zero-order valence-electron chi connectivity index (χ0n) is 14.9. The first-order valence-electron chi connectivity index (χ1n) is 8.21. The van der Waals surface area contributed by atoms with Crippen LogP contribution in [0, 0.1) is 16.7 Å². The van der Waals surface area contributed by atoms with Crippen LogP contribution in [-0.2, 0) is 12.6 Å². The molecule has 0 radical (unpaired) electrons. The Bertz CT molecular complexity index is 845. The van der Waals surface area contributed by atoms with Crippen molar-refractivity contribution in [2.45, 2.75) is 26.4 Å². The molecule has 0 saturated heterocycles. The summed E-state index contributed by atoms with van der Waals surface area (Å²) in [6.07, 6.45) is -4.29. The van der Waals surface area contributed by atoms with Crippen molar-refractivity contribution in [3.8, 4) is 11.8 Å². The molecule has 0 bridgehead atoms. The van der Waals surface area contributed by atoms with Gasteiger partial charge in [0.15, 0.2) is 0 Å². The average Bonchev–Trinajstić information content (AvgIpc) is 2.59. The quantitative estimate of drug-likeness (QED) is 0.760. The molecule has 2 aromatic rings. The summed E-state index contributed by atoms with van der Waals surface area (Å²) in [5, 5.41) is 27.5. The number of nitrogens with zero attached hydrogens (tertiary/aromatic N) is 1. The molecule has 0 atom stereocenters. The number of nitriles is 1. The van der Waals surface area contributed by atoms with Crippen LogP contribution < -0.4 is 10.2 Å². The number of alkyl halides is 3. The molecule has 142 valence electrons. The van der Waals surface area contributed by atoms with Gasteiger partial charge in [-0.2, -0.15) is 18.4 Å². The van der Waals surface area contributed by atoms with E-state index in [2.05, 4.69) is 0 Å². The molecule has 0 aliphatic heterocycles. The molecule has 8 heteroatoms. The number of halogens is 3. The maximum absolute atomic E-state index is 13.2. The summed E-state index contributed by atoms with van der Waals surface area (Å²) in [4.78, 5) is 0. The maximum atomic E-state index is 13.2. The van der Waals surface area contributed by atoms with Crippen LogP contribution >= 0.6 is 0 Å². The fraction of sp³-hybridized carbons (Fsp3) is 0.316. The summed E-state index contributed by atoms with van der Waals surface area (Å²) in [5.74, 6) is 0.235. The Balaban J connectivity index is 2.16. The lowest BCUT2D eigenvalue weighted by molar-refractivity contribution is -0.138. The first kappa shape index (κ1) is 20.8. The van der Waals surface area contributed by atoms with Crippen molar-refractivity contribution in [3.63, 3.8) is 0 Å². The molecule has 2 rings (SSSR count). The third-order valence-electron chi connectivity index (χ3n) is 4.03. The van der Waals surface area contributed by atoms with Crippen LogP contribution in [0.2, 0.25) is 0 Å². The van der Waals surface area contributed by atoms with Gasteiger partial charge in [-0.25, -0.2) is 0 Å². The van der Waals surface area contributed by atoms with Crippen LogP contribution in [0.15, 0.2) is 42.5 Å². The summed E-state index contributed by atoms with van der Waals surface area (Å²) < 4.78 is 45.2. The lowest BCUT2D eigenvalue weighted by atomic mass is 9.79. The molecule has 0 spiro atoms. The van der Waals surface area contributed by atoms with Crippen molar-refractivity contribution in [1.82, 2.24) is 0 Å². The van der Waals surface area contributed by atoms with Gasteiger partial charge in [0.05, 0.1) is 17.7 Å². The van der Waals surface area contributed by atoms with E-state index >= 15 is 0 Å². The first-order chi connectivity index (χ1) is 12.5. The summed E-state index contributed by atoms with van der Waals surface area (Å²) in [6, 6.07) is 11.5. The van der Waals surface area contributed by atoms with Crippen molar-refractivity contribution >= 4 is 12.6 Å². The molecule has 0 amide bonds. The Hall–Kier alpha value is -2.50. The molecule has 0 heterocycles. The number of rotatable bonds is 6. The van der Waals surface area contributed by atoms with Crippen LogP contribution in [0.4, 0.5) is 13.2 Å². The smallest absolute Gasteiger partial charge is 0.488 e.